The van der Waals surface area contributed by atoms with Gasteiger partial charge in [-0.1, -0.05) is 0 Å². The number of aromatic nitrogens is 1. The number of nitrogens with one attached hydrogen (secondary N) is 1. The molecule has 1 atom stereocenters. The first-order valence-electron chi connectivity index (χ1n) is 9.43. The van der Waals surface area contributed by atoms with E-state index in [0.717, 1.165) is 31.3 Å². The van der Waals surface area contributed by atoms with Gasteiger partial charge in [0.05, 0.1) is 0 Å². The third-order valence-electron chi connectivity index (χ3n) is 4.34. The number of pyridine rings is 1. The fraction of sp³-hybridized carbons (Fsp3) is 0.611. The first kappa shape index (κ1) is 27.3. The smallest absolute Gasteiger partial charge is 0.476 e. The van der Waals surface area contributed by atoms with Crippen LogP contribution in [0.25, 0.3) is 0 Å². The maximum Gasteiger partial charge on any atom is 0.490 e. The van der Waals surface area contributed by atoms with Crippen LogP contribution >= 0.6 is 0 Å². The predicted octanol–water partition coefficient (Wildman–Crippen LogP) is 3.21. The molecule has 182 valence electrons. The molecular formula is C18H23F6N3O5. The highest BCUT2D eigenvalue weighted by Gasteiger charge is 2.38. The summed E-state index contributed by atoms with van der Waals surface area (Å²) >= 11 is 0. The summed E-state index contributed by atoms with van der Waals surface area (Å²) in [6.45, 7) is 5.86. The lowest BCUT2D eigenvalue weighted by Gasteiger charge is -2.34. The standard InChI is InChI=1S/C14H21N3O.2C2HF3O2/c1-11-4-2-3-8-17(11)13-6-5-12-10-15-7-9-18-14(12)16-13;2*3-2(4,5)1(6)7/h5-6,11,15H,2-4,7-10H2,1H3;2*(H,6,7). The van der Waals surface area contributed by atoms with Crippen molar-refractivity contribution in [1.82, 2.24) is 10.3 Å². The lowest BCUT2D eigenvalue weighted by molar-refractivity contribution is -0.193. The molecule has 0 radical (unpaired) electrons. The number of aliphatic carboxylic acids is 2. The Morgan fingerprint density at radius 3 is 2.16 bits per heavy atom. The van der Waals surface area contributed by atoms with Crippen LogP contribution < -0.4 is 15.0 Å². The summed E-state index contributed by atoms with van der Waals surface area (Å²) in [5.41, 5.74) is 1.17. The quantitative estimate of drug-likeness (QED) is 0.531. The zero-order chi connectivity index (χ0) is 24.5. The van der Waals surface area contributed by atoms with Crippen LogP contribution in [0, 0.1) is 0 Å². The van der Waals surface area contributed by atoms with E-state index >= 15 is 0 Å². The Balaban J connectivity index is 0.000000305. The first-order chi connectivity index (χ1) is 14.7. The van der Waals surface area contributed by atoms with Gasteiger partial charge in [0.25, 0.3) is 0 Å². The van der Waals surface area contributed by atoms with Gasteiger partial charge in [0.15, 0.2) is 0 Å². The molecule has 2 aliphatic heterocycles. The molecule has 8 nitrogen and oxygen atoms in total. The number of fused-ring (bicyclic) bond motifs is 1. The first-order valence-corrected chi connectivity index (χ1v) is 9.43. The minimum absolute atomic E-state index is 0.591. The van der Waals surface area contributed by atoms with Gasteiger partial charge in [-0.3, -0.25) is 0 Å². The van der Waals surface area contributed by atoms with E-state index in [-0.39, 0.29) is 0 Å². The van der Waals surface area contributed by atoms with Crippen molar-refractivity contribution in [1.29, 1.82) is 0 Å². The third kappa shape index (κ3) is 9.16. The van der Waals surface area contributed by atoms with Crippen molar-refractivity contribution in [2.45, 2.75) is 51.1 Å². The van der Waals surface area contributed by atoms with Gasteiger partial charge in [-0.2, -0.15) is 31.3 Å². The number of carboxylic acid groups (broad SMARTS) is 2. The monoisotopic (exact) mass is 475 g/mol. The molecule has 0 saturated carbocycles. The maximum atomic E-state index is 10.6. The molecule has 1 aromatic rings. The molecule has 1 aromatic heterocycles. The number of carbonyl (C=O) groups is 2. The molecule has 0 aromatic carbocycles. The Kier molecular flexibility index (Phi) is 10.0. The number of alkyl halides is 6. The molecule has 0 amide bonds. The second-order valence-corrected chi connectivity index (χ2v) is 6.80. The van der Waals surface area contributed by atoms with Crippen LogP contribution in [0.5, 0.6) is 5.88 Å². The van der Waals surface area contributed by atoms with Crippen LogP contribution in [0.4, 0.5) is 32.2 Å². The average molecular weight is 475 g/mol. The Morgan fingerprint density at radius 2 is 1.66 bits per heavy atom. The number of hydrogen-bond acceptors (Lipinski definition) is 6. The van der Waals surface area contributed by atoms with Crippen LogP contribution in [0.2, 0.25) is 0 Å². The van der Waals surface area contributed by atoms with E-state index in [0.29, 0.717) is 12.6 Å². The third-order valence-corrected chi connectivity index (χ3v) is 4.34. The predicted molar refractivity (Wildman–Crippen MR) is 99.5 cm³/mol. The molecule has 32 heavy (non-hydrogen) atoms. The summed E-state index contributed by atoms with van der Waals surface area (Å²) in [4.78, 5) is 24.9. The highest BCUT2D eigenvalue weighted by molar-refractivity contribution is 5.73. The Hall–Kier alpha value is -2.77. The van der Waals surface area contributed by atoms with Crippen LogP contribution in [0.1, 0.15) is 31.7 Å². The van der Waals surface area contributed by atoms with Crippen molar-refractivity contribution in [2.24, 2.45) is 0 Å². The van der Waals surface area contributed by atoms with Crippen molar-refractivity contribution in [3.8, 4) is 5.88 Å². The lowest BCUT2D eigenvalue weighted by Crippen LogP contribution is -2.38. The largest absolute Gasteiger partial charge is 0.490 e. The number of halogens is 6. The van der Waals surface area contributed by atoms with Crippen molar-refractivity contribution in [3.05, 3.63) is 17.7 Å². The molecule has 14 heteroatoms. The van der Waals surface area contributed by atoms with E-state index in [4.69, 9.17) is 29.5 Å². The number of piperidine rings is 1. The molecule has 1 fully saturated rings. The molecule has 1 saturated heterocycles. The van der Waals surface area contributed by atoms with Gasteiger partial charge in [0, 0.05) is 31.2 Å². The Labute approximate surface area is 179 Å². The number of carboxylic acids is 2. The highest BCUT2D eigenvalue weighted by Crippen LogP contribution is 2.27. The van der Waals surface area contributed by atoms with E-state index < -0.39 is 24.3 Å². The van der Waals surface area contributed by atoms with Gasteiger partial charge < -0.3 is 25.2 Å². The van der Waals surface area contributed by atoms with Crippen LogP contribution in [0.3, 0.4) is 0 Å². The van der Waals surface area contributed by atoms with E-state index in [1.807, 2.05) is 0 Å². The van der Waals surface area contributed by atoms with Gasteiger partial charge in [0.2, 0.25) is 5.88 Å². The zero-order valence-electron chi connectivity index (χ0n) is 17.0. The zero-order valence-corrected chi connectivity index (χ0v) is 17.0. The van der Waals surface area contributed by atoms with E-state index in [1.165, 1.54) is 24.8 Å². The normalized spacial score (nSPS) is 18.5. The van der Waals surface area contributed by atoms with Crippen molar-refractivity contribution >= 4 is 17.8 Å². The van der Waals surface area contributed by atoms with Gasteiger partial charge in [-0.25, -0.2) is 9.59 Å². The second kappa shape index (κ2) is 11.7. The summed E-state index contributed by atoms with van der Waals surface area (Å²) in [6, 6.07) is 4.88. The fourth-order valence-electron chi connectivity index (χ4n) is 2.76. The van der Waals surface area contributed by atoms with Gasteiger partial charge in [-0.05, 0) is 38.3 Å². The Bertz CT molecular complexity index is 748. The number of hydrogen-bond donors (Lipinski definition) is 3. The van der Waals surface area contributed by atoms with Gasteiger partial charge in [-0.15, -0.1) is 0 Å². The van der Waals surface area contributed by atoms with Crippen LogP contribution in [-0.4, -0.2) is 65.2 Å². The molecule has 3 N–H and O–H groups in total. The van der Waals surface area contributed by atoms with E-state index in [1.54, 1.807) is 0 Å². The lowest BCUT2D eigenvalue weighted by atomic mass is 10.0. The summed E-state index contributed by atoms with van der Waals surface area (Å²) in [5.74, 6) is -3.63. The molecule has 3 heterocycles. The summed E-state index contributed by atoms with van der Waals surface area (Å²) in [7, 11) is 0. The Morgan fingerprint density at radius 1 is 1.09 bits per heavy atom. The number of rotatable bonds is 1. The van der Waals surface area contributed by atoms with Crippen molar-refractivity contribution in [2.75, 3.05) is 24.6 Å². The molecule has 0 aliphatic carbocycles. The molecule has 3 rings (SSSR count). The van der Waals surface area contributed by atoms with Gasteiger partial charge in [0.1, 0.15) is 12.4 Å². The number of ether oxygens (including phenoxy) is 1. The highest BCUT2D eigenvalue weighted by atomic mass is 19.4. The van der Waals surface area contributed by atoms with Crippen molar-refractivity contribution < 1.29 is 50.9 Å². The van der Waals surface area contributed by atoms with Crippen LogP contribution in [-0.2, 0) is 16.1 Å². The SMILES string of the molecule is CC1CCCCN1c1ccc2c(n1)OCCNC2.O=C(O)C(F)(F)F.O=C(O)C(F)(F)F. The summed E-state index contributed by atoms with van der Waals surface area (Å²) in [5, 5.41) is 17.6. The van der Waals surface area contributed by atoms with E-state index in [2.05, 4.69) is 29.3 Å². The molecule has 0 bridgehead atoms. The maximum absolute atomic E-state index is 10.6. The average Bonchev–Trinajstić information content (AvgIpc) is 2.92. The minimum Gasteiger partial charge on any atom is -0.476 e. The summed E-state index contributed by atoms with van der Waals surface area (Å²) in [6.07, 6.45) is -6.30. The van der Waals surface area contributed by atoms with E-state index in [9.17, 15) is 26.3 Å². The molecular weight excluding hydrogens is 452 g/mol. The molecule has 2 aliphatic rings. The number of anilines is 1. The minimum atomic E-state index is -5.08. The number of nitrogens with zero attached hydrogens (tertiary/aromatic N) is 2. The van der Waals surface area contributed by atoms with Crippen LogP contribution in [0.15, 0.2) is 12.1 Å². The van der Waals surface area contributed by atoms with Crippen molar-refractivity contribution in [3.63, 3.8) is 0 Å². The topological polar surface area (TPSA) is 112 Å². The molecule has 1 unspecified atom stereocenters. The van der Waals surface area contributed by atoms with Gasteiger partial charge >= 0.3 is 24.3 Å². The summed E-state index contributed by atoms with van der Waals surface area (Å²) < 4.78 is 69.2. The second-order valence-electron chi connectivity index (χ2n) is 6.80. The molecule has 0 spiro atoms. The fourth-order valence-corrected chi connectivity index (χ4v) is 2.76.